The Kier molecular flexibility index (Phi) is 3.62. The minimum Gasteiger partial charge on any atom is -0.443 e. The van der Waals surface area contributed by atoms with E-state index in [2.05, 4.69) is 15.9 Å². The minimum absolute atomic E-state index is 0.141. The van der Waals surface area contributed by atoms with Gasteiger partial charge in [0.15, 0.2) is 6.23 Å². The third-order valence-corrected chi connectivity index (χ3v) is 2.24. The number of ether oxygens (including phenoxy) is 2. The lowest BCUT2D eigenvalue weighted by atomic mass is 10.2. The van der Waals surface area contributed by atoms with E-state index in [1.54, 1.807) is 27.7 Å². The Hall–Kier alpha value is -1.04. The van der Waals surface area contributed by atoms with Gasteiger partial charge in [0.1, 0.15) is 11.3 Å². The van der Waals surface area contributed by atoms with Crippen LogP contribution < -0.4 is 0 Å². The van der Waals surface area contributed by atoms with Crippen LogP contribution >= 0.6 is 15.9 Å². The number of carbonyl (C=O) groups excluding carboxylic acids is 2. The predicted octanol–water partition coefficient (Wildman–Crippen LogP) is 2.36. The number of hydrogen-bond donors (Lipinski definition) is 0. The topological polar surface area (TPSA) is 55.8 Å². The number of rotatable bonds is 0. The molecule has 1 fully saturated rings. The summed E-state index contributed by atoms with van der Waals surface area (Å²) in [7, 11) is 0. The lowest BCUT2D eigenvalue weighted by molar-refractivity contribution is -0.139. The summed E-state index contributed by atoms with van der Waals surface area (Å²) >= 11 is 3.02. The molecular formula is C10H14BrNO4. The SMILES string of the molecule is CC1OC(=O)C(=CBr)N1C(=O)OC(C)(C)C. The standard InChI is InChI=1S/C10H14BrNO4/c1-6-12(7(5-11)8(13)15-6)9(14)16-10(2,3)4/h5-6H,1-4H3. The van der Waals surface area contributed by atoms with Crippen LogP contribution in [-0.4, -0.2) is 28.8 Å². The molecule has 1 amide bonds. The minimum atomic E-state index is -0.647. The van der Waals surface area contributed by atoms with Crippen LogP contribution in [0.4, 0.5) is 4.79 Å². The van der Waals surface area contributed by atoms with Gasteiger partial charge in [0.25, 0.3) is 0 Å². The van der Waals surface area contributed by atoms with Gasteiger partial charge in [-0.15, -0.1) is 0 Å². The van der Waals surface area contributed by atoms with Crippen molar-refractivity contribution in [2.24, 2.45) is 0 Å². The molecule has 1 aliphatic heterocycles. The quantitative estimate of drug-likeness (QED) is 0.508. The van der Waals surface area contributed by atoms with Gasteiger partial charge >= 0.3 is 12.1 Å². The fourth-order valence-corrected chi connectivity index (χ4v) is 1.62. The third kappa shape index (κ3) is 2.75. The number of amides is 1. The van der Waals surface area contributed by atoms with Crippen LogP contribution in [0.25, 0.3) is 0 Å². The van der Waals surface area contributed by atoms with E-state index in [0.29, 0.717) is 0 Å². The first-order valence-electron chi connectivity index (χ1n) is 4.80. The van der Waals surface area contributed by atoms with E-state index in [9.17, 15) is 9.59 Å². The fraction of sp³-hybridized carbons (Fsp3) is 0.600. The van der Waals surface area contributed by atoms with E-state index in [1.165, 1.54) is 9.89 Å². The van der Waals surface area contributed by atoms with Gasteiger partial charge in [0, 0.05) is 4.99 Å². The second-order valence-corrected chi connectivity index (χ2v) is 4.81. The molecule has 1 heterocycles. The van der Waals surface area contributed by atoms with Gasteiger partial charge in [-0.25, -0.2) is 14.5 Å². The maximum absolute atomic E-state index is 11.8. The second kappa shape index (κ2) is 4.45. The van der Waals surface area contributed by atoms with Gasteiger partial charge in [-0.1, -0.05) is 15.9 Å². The maximum Gasteiger partial charge on any atom is 0.418 e. The Morgan fingerprint density at radius 3 is 2.56 bits per heavy atom. The molecule has 1 saturated heterocycles. The molecule has 5 nitrogen and oxygen atoms in total. The Morgan fingerprint density at radius 2 is 2.12 bits per heavy atom. The highest BCUT2D eigenvalue weighted by atomic mass is 79.9. The summed E-state index contributed by atoms with van der Waals surface area (Å²) in [5.74, 6) is -0.546. The smallest absolute Gasteiger partial charge is 0.418 e. The molecule has 0 radical (unpaired) electrons. The molecule has 1 atom stereocenters. The van der Waals surface area contributed by atoms with Gasteiger partial charge in [0.2, 0.25) is 0 Å². The maximum atomic E-state index is 11.8. The highest BCUT2D eigenvalue weighted by molar-refractivity contribution is 9.11. The van der Waals surface area contributed by atoms with E-state index in [1.807, 2.05) is 0 Å². The van der Waals surface area contributed by atoms with Crippen LogP contribution in [0.3, 0.4) is 0 Å². The monoisotopic (exact) mass is 291 g/mol. The Bertz CT molecular complexity index is 345. The second-order valence-electron chi connectivity index (χ2n) is 4.35. The van der Waals surface area contributed by atoms with Crippen LogP contribution in [-0.2, 0) is 14.3 Å². The van der Waals surface area contributed by atoms with Crippen molar-refractivity contribution in [3.63, 3.8) is 0 Å². The number of halogens is 1. The van der Waals surface area contributed by atoms with Crippen molar-refractivity contribution in [1.29, 1.82) is 0 Å². The summed E-state index contributed by atoms with van der Waals surface area (Å²) in [6.07, 6.45) is -1.25. The molecule has 0 saturated carbocycles. The number of nitrogens with zero attached hydrogens (tertiary/aromatic N) is 1. The van der Waals surface area contributed by atoms with E-state index >= 15 is 0 Å². The van der Waals surface area contributed by atoms with Crippen molar-refractivity contribution in [1.82, 2.24) is 4.90 Å². The lowest BCUT2D eigenvalue weighted by Crippen LogP contribution is -2.38. The van der Waals surface area contributed by atoms with Gasteiger partial charge in [-0.05, 0) is 27.7 Å². The molecule has 0 spiro atoms. The molecule has 1 rings (SSSR count). The zero-order valence-corrected chi connectivity index (χ0v) is 11.2. The van der Waals surface area contributed by atoms with Crippen LogP contribution in [0, 0.1) is 0 Å². The van der Waals surface area contributed by atoms with Crippen molar-refractivity contribution in [3.8, 4) is 0 Å². The molecular weight excluding hydrogens is 278 g/mol. The molecule has 0 aromatic heterocycles. The molecule has 0 bridgehead atoms. The number of esters is 1. The summed E-state index contributed by atoms with van der Waals surface area (Å²) in [6.45, 7) is 6.87. The summed E-state index contributed by atoms with van der Waals surface area (Å²) in [6, 6.07) is 0. The predicted molar refractivity (Wildman–Crippen MR) is 60.6 cm³/mol. The fourth-order valence-electron chi connectivity index (χ4n) is 1.22. The molecule has 0 N–H and O–H groups in total. The summed E-state index contributed by atoms with van der Waals surface area (Å²) < 4.78 is 10.1. The van der Waals surface area contributed by atoms with E-state index < -0.39 is 23.9 Å². The lowest BCUT2D eigenvalue weighted by Gasteiger charge is -2.25. The molecule has 0 aromatic carbocycles. The van der Waals surface area contributed by atoms with Crippen LogP contribution in [0.5, 0.6) is 0 Å². The first-order valence-corrected chi connectivity index (χ1v) is 5.71. The Morgan fingerprint density at radius 1 is 1.56 bits per heavy atom. The highest BCUT2D eigenvalue weighted by Gasteiger charge is 2.40. The average Bonchev–Trinajstić information content (AvgIpc) is 2.37. The summed E-state index contributed by atoms with van der Waals surface area (Å²) in [4.78, 5) is 25.6. The van der Waals surface area contributed by atoms with E-state index in [0.717, 1.165) is 0 Å². The van der Waals surface area contributed by atoms with Gasteiger partial charge < -0.3 is 9.47 Å². The van der Waals surface area contributed by atoms with Crippen molar-refractivity contribution < 1.29 is 19.1 Å². The largest absolute Gasteiger partial charge is 0.443 e. The zero-order valence-electron chi connectivity index (χ0n) is 9.61. The number of carbonyl (C=O) groups is 2. The molecule has 0 aliphatic carbocycles. The normalized spacial score (nSPS) is 23.6. The summed E-state index contributed by atoms with van der Waals surface area (Å²) in [5.41, 5.74) is -0.471. The van der Waals surface area contributed by atoms with Crippen LogP contribution in [0.15, 0.2) is 10.7 Å². The highest BCUT2D eigenvalue weighted by Crippen LogP contribution is 2.25. The molecule has 6 heteroatoms. The molecule has 90 valence electrons. The van der Waals surface area contributed by atoms with E-state index in [4.69, 9.17) is 9.47 Å². The molecule has 16 heavy (non-hydrogen) atoms. The molecule has 1 aliphatic rings. The zero-order chi connectivity index (χ0) is 12.5. The van der Waals surface area contributed by atoms with Gasteiger partial charge in [-0.2, -0.15) is 0 Å². The van der Waals surface area contributed by atoms with Gasteiger partial charge in [-0.3, -0.25) is 0 Å². The molecule has 0 aromatic rings. The average molecular weight is 292 g/mol. The van der Waals surface area contributed by atoms with Crippen molar-refractivity contribution >= 4 is 28.0 Å². The van der Waals surface area contributed by atoms with Crippen LogP contribution in [0.1, 0.15) is 27.7 Å². The first-order chi connectivity index (χ1) is 7.26. The van der Waals surface area contributed by atoms with E-state index in [-0.39, 0.29) is 5.70 Å². The first kappa shape index (κ1) is 13.0. The Balaban J connectivity index is 2.87. The number of cyclic esters (lactones) is 1. The van der Waals surface area contributed by atoms with Crippen molar-refractivity contribution in [2.75, 3.05) is 0 Å². The molecule has 1 unspecified atom stereocenters. The Labute approximate surface area is 103 Å². The van der Waals surface area contributed by atoms with Gasteiger partial charge in [0.05, 0.1) is 0 Å². The summed E-state index contributed by atoms with van der Waals surface area (Å²) in [5, 5.41) is 0. The van der Waals surface area contributed by atoms with Crippen molar-refractivity contribution in [2.45, 2.75) is 39.5 Å². The van der Waals surface area contributed by atoms with Crippen molar-refractivity contribution in [3.05, 3.63) is 10.7 Å². The number of hydrogen-bond acceptors (Lipinski definition) is 4. The third-order valence-electron chi connectivity index (χ3n) is 1.80. The van der Waals surface area contributed by atoms with Crippen LogP contribution in [0.2, 0.25) is 0 Å².